The van der Waals surface area contributed by atoms with Crippen molar-refractivity contribution < 1.29 is 4.79 Å². The minimum atomic E-state index is 0.139. The lowest BCUT2D eigenvalue weighted by Crippen LogP contribution is -2.45. The van der Waals surface area contributed by atoms with Crippen molar-refractivity contribution >= 4 is 11.6 Å². The molecule has 1 fully saturated rings. The maximum Gasteiger partial charge on any atom is 0.253 e. The van der Waals surface area contributed by atoms with E-state index in [-0.39, 0.29) is 11.9 Å². The van der Waals surface area contributed by atoms with E-state index >= 15 is 0 Å². The SMILES string of the molecule is CCCN(CC)c1ccc(C(=O)N2CCCC(C(C)N)C2)cc1. The molecule has 1 amide bonds. The fraction of sp³-hybridized carbons (Fsp3) is 0.632. The number of hydrogen-bond acceptors (Lipinski definition) is 3. The predicted molar refractivity (Wildman–Crippen MR) is 96.9 cm³/mol. The van der Waals surface area contributed by atoms with Gasteiger partial charge in [-0.15, -0.1) is 0 Å². The number of anilines is 1. The predicted octanol–water partition coefficient (Wildman–Crippen LogP) is 3.12. The summed E-state index contributed by atoms with van der Waals surface area (Å²) in [4.78, 5) is 17.0. The fourth-order valence-corrected chi connectivity index (χ4v) is 3.36. The van der Waals surface area contributed by atoms with Gasteiger partial charge in [-0.05, 0) is 63.3 Å². The molecule has 0 radical (unpaired) electrons. The Kier molecular flexibility index (Phi) is 6.46. The Morgan fingerprint density at radius 3 is 2.61 bits per heavy atom. The van der Waals surface area contributed by atoms with Gasteiger partial charge in [-0.1, -0.05) is 6.92 Å². The molecule has 23 heavy (non-hydrogen) atoms. The van der Waals surface area contributed by atoms with Crippen molar-refractivity contribution in [1.82, 2.24) is 4.90 Å². The lowest BCUT2D eigenvalue weighted by atomic mass is 9.92. The fourth-order valence-electron chi connectivity index (χ4n) is 3.36. The maximum absolute atomic E-state index is 12.7. The molecule has 0 saturated carbocycles. The second-order valence-electron chi connectivity index (χ2n) is 6.64. The summed E-state index contributed by atoms with van der Waals surface area (Å²) >= 11 is 0. The number of benzene rings is 1. The van der Waals surface area contributed by atoms with Gasteiger partial charge in [-0.3, -0.25) is 4.79 Å². The summed E-state index contributed by atoms with van der Waals surface area (Å²) in [7, 11) is 0. The van der Waals surface area contributed by atoms with E-state index in [0.717, 1.165) is 51.0 Å². The van der Waals surface area contributed by atoms with Crippen LogP contribution >= 0.6 is 0 Å². The van der Waals surface area contributed by atoms with E-state index < -0.39 is 0 Å². The van der Waals surface area contributed by atoms with Crippen LogP contribution < -0.4 is 10.6 Å². The number of rotatable bonds is 6. The highest BCUT2D eigenvalue weighted by molar-refractivity contribution is 5.94. The highest BCUT2D eigenvalue weighted by atomic mass is 16.2. The van der Waals surface area contributed by atoms with Gasteiger partial charge in [-0.25, -0.2) is 0 Å². The maximum atomic E-state index is 12.7. The topological polar surface area (TPSA) is 49.6 Å². The highest BCUT2D eigenvalue weighted by Gasteiger charge is 2.26. The third-order valence-electron chi connectivity index (χ3n) is 4.84. The van der Waals surface area contributed by atoms with Crippen molar-refractivity contribution in [2.24, 2.45) is 11.7 Å². The van der Waals surface area contributed by atoms with Crippen molar-refractivity contribution in [3.05, 3.63) is 29.8 Å². The molecule has 0 bridgehead atoms. The van der Waals surface area contributed by atoms with Gasteiger partial charge in [0.1, 0.15) is 0 Å². The highest BCUT2D eigenvalue weighted by Crippen LogP contribution is 2.22. The van der Waals surface area contributed by atoms with Gasteiger partial charge in [-0.2, -0.15) is 0 Å². The first kappa shape index (κ1) is 17.8. The Labute approximate surface area is 140 Å². The van der Waals surface area contributed by atoms with E-state index in [0.29, 0.717) is 5.92 Å². The zero-order valence-electron chi connectivity index (χ0n) is 14.8. The van der Waals surface area contributed by atoms with E-state index in [9.17, 15) is 4.79 Å². The van der Waals surface area contributed by atoms with Crippen LogP contribution in [0.25, 0.3) is 0 Å². The molecule has 128 valence electrons. The monoisotopic (exact) mass is 317 g/mol. The minimum Gasteiger partial charge on any atom is -0.372 e. The first-order valence-corrected chi connectivity index (χ1v) is 8.96. The number of carbonyl (C=O) groups excluding carboxylic acids is 1. The average Bonchev–Trinajstić information content (AvgIpc) is 2.59. The Morgan fingerprint density at radius 2 is 2.04 bits per heavy atom. The summed E-state index contributed by atoms with van der Waals surface area (Å²) in [5.74, 6) is 0.563. The van der Waals surface area contributed by atoms with E-state index in [4.69, 9.17) is 5.73 Å². The van der Waals surface area contributed by atoms with Crippen LogP contribution in [0.3, 0.4) is 0 Å². The molecule has 1 aliphatic heterocycles. The summed E-state index contributed by atoms with van der Waals surface area (Å²) in [5, 5.41) is 0. The number of piperidine rings is 1. The van der Waals surface area contributed by atoms with Crippen LogP contribution in [0, 0.1) is 5.92 Å². The normalized spacial score (nSPS) is 19.5. The van der Waals surface area contributed by atoms with Gasteiger partial charge in [0.2, 0.25) is 0 Å². The molecular formula is C19H31N3O. The molecular weight excluding hydrogens is 286 g/mol. The van der Waals surface area contributed by atoms with Crippen molar-refractivity contribution in [2.75, 3.05) is 31.1 Å². The number of hydrogen-bond donors (Lipinski definition) is 1. The standard InChI is InChI=1S/C19H31N3O/c1-4-12-21(5-2)18-10-8-16(9-11-18)19(23)22-13-6-7-17(14-22)15(3)20/h8-11,15,17H,4-7,12-14,20H2,1-3H3. The van der Waals surface area contributed by atoms with Crippen molar-refractivity contribution in [2.45, 2.75) is 46.1 Å². The molecule has 4 nitrogen and oxygen atoms in total. The van der Waals surface area contributed by atoms with E-state index in [1.165, 1.54) is 5.69 Å². The number of carbonyl (C=O) groups is 1. The van der Waals surface area contributed by atoms with Gasteiger partial charge in [0.05, 0.1) is 0 Å². The first-order valence-electron chi connectivity index (χ1n) is 8.96. The Morgan fingerprint density at radius 1 is 1.35 bits per heavy atom. The first-order chi connectivity index (χ1) is 11.1. The zero-order valence-corrected chi connectivity index (χ0v) is 14.8. The van der Waals surface area contributed by atoms with Crippen LogP contribution in [-0.4, -0.2) is 43.0 Å². The van der Waals surface area contributed by atoms with E-state index in [2.05, 4.69) is 30.9 Å². The molecule has 1 heterocycles. The molecule has 1 saturated heterocycles. The van der Waals surface area contributed by atoms with Gasteiger partial charge in [0, 0.05) is 43.5 Å². The Balaban J connectivity index is 2.05. The summed E-state index contributed by atoms with van der Waals surface area (Å²) in [6.45, 7) is 10.1. The van der Waals surface area contributed by atoms with Gasteiger partial charge >= 0.3 is 0 Å². The van der Waals surface area contributed by atoms with E-state index in [1.54, 1.807) is 0 Å². The van der Waals surface area contributed by atoms with Gasteiger partial charge in [0.25, 0.3) is 5.91 Å². The van der Waals surface area contributed by atoms with E-state index in [1.807, 2.05) is 24.0 Å². The van der Waals surface area contributed by atoms with Crippen molar-refractivity contribution in [3.8, 4) is 0 Å². The zero-order chi connectivity index (χ0) is 16.8. The summed E-state index contributed by atoms with van der Waals surface area (Å²) in [6.07, 6.45) is 3.31. The van der Waals surface area contributed by atoms with Crippen LogP contribution in [-0.2, 0) is 0 Å². The molecule has 0 aliphatic carbocycles. The molecule has 4 heteroatoms. The number of nitrogens with zero attached hydrogens (tertiary/aromatic N) is 2. The molecule has 2 rings (SSSR count). The third kappa shape index (κ3) is 4.47. The van der Waals surface area contributed by atoms with Crippen LogP contribution in [0.15, 0.2) is 24.3 Å². The molecule has 1 aliphatic rings. The van der Waals surface area contributed by atoms with Crippen molar-refractivity contribution in [3.63, 3.8) is 0 Å². The second-order valence-corrected chi connectivity index (χ2v) is 6.64. The molecule has 0 aromatic heterocycles. The number of amides is 1. The second kappa shape index (κ2) is 8.34. The van der Waals surface area contributed by atoms with Gasteiger partial charge < -0.3 is 15.5 Å². The summed E-state index contributed by atoms with van der Waals surface area (Å²) < 4.78 is 0. The smallest absolute Gasteiger partial charge is 0.253 e. The minimum absolute atomic E-state index is 0.139. The third-order valence-corrected chi connectivity index (χ3v) is 4.84. The lowest BCUT2D eigenvalue weighted by Gasteiger charge is -2.34. The summed E-state index contributed by atoms with van der Waals surface area (Å²) in [6, 6.07) is 8.22. The molecule has 2 atom stereocenters. The van der Waals surface area contributed by atoms with Crippen LogP contribution in [0.1, 0.15) is 50.4 Å². The molecule has 1 aromatic carbocycles. The molecule has 2 N–H and O–H groups in total. The number of likely N-dealkylation sites (tertiary alicyclic amines) is 1. The quantitative estimate of drug-likeness (QED) is 0.877. The largest absolute Gasteiger partial charge is 0.372 e. The lowest BCUT2D eigenvalue weighted by molar-refractivity contribution is 0.0661. The van der Waals surface area contributed by atoms with Gasteiger partial charge in [0.15, 0.2) is 0 Å². The number of nitrogens with two attached hydrogens (primary N) is 1. The average molecular weight is 317 g/mol. The molecule has 1 aromatic rings. The Hall–Kier alpha value is -1.55. The Bertz CT molecular complexity index is 498. The van der Waals surface area contributed by atoms with Crippen molar-refractivity contribution in [1.29, 1.82) is 0 Å². The van der Waals surface area contributed by atoms with Crippen LogP contribution in [0.5, 0.6) is 0 Å². The summed E-state index contributed by atoms with van der Waals surface area (Å²) in [5.41, 5.74) is 8.00. The van der Waals surface area contributed by atoms with Crippen LogP contribution in [0.4, 0.5) is 5.69 Å². The molecule has 2 unspecified atom stereocenters. The molecule has 0 spiro atoms. The van der Waals surface area contributed by atoms with Crippen LogP contribution in [0.2, 0.25) is 0 Å².